The average molecular weight is 446 g/mol. The molecule has 136 valence electrons. The van der Waals surface area contributed by atoms with Gasteiger partial charge in [0.15, 0.2) is 5.96 Å². The first-order chi connectivity index (χ1) is 11.1. The van der Waals surface area contributed by atoms with Gasteiger partial charge < -0.3 is 16.0 Å². The second-order valence-corrected chi connectivity index (χ2v) is 5.93. The largest absolute Gasteiger partial charge is 0.357 e. The van der Waals surface area contributed by atoms with Crippen LogP contribution in [-0.4, -0.2) is 32.0 Å². The van der Waals surface area contributed by atoms with Gasteiger partial charge in [0.05, 0.1) is 6.54 Å². The Hall–Kier alpha value is -1.31. The molecule has 0 fully saturated rings. The van der Waals surface area contributed by atoms with Crippen LogP contribution < -0.4 is 16.0 Å². The van der Waals surface area contributed by atoms with E-state index in [-0.39, 0.29) is 29.9 Å². The number of aliphatic imine (C=N–C) groups is 1. The van der Waals surface area contributed by atoms with Crippen molar-refractivity contribution in [3.8, 4) is 0 Å². The number of hydrogen-bond acceptors (Lipinski definition) is 2. The van der Waals surface area contributed by atoms with Gasteiger partial charge in [-0.1, -0.05) is 26.0 Å². The molecule has 0 aliphatic carbocycles. The van der Waals surface area contributed by atoms with Crippen LogP contribution >= 0.6 is 24.0 Å². The highest BCUT2D eigenvalue weighted by molar-refractivity contribution is 14.0. The van der Waals surface area contributed by atoms with Crippen LogP contribution in [0.25, 0.3) is 0 Å². The molecule has 0 atom stereocenters. The lowest BCUT2D eigenvalue weighted by atomic mass is 10.1. The molecule has 0 saturated heterocycles. The van der Waals surface area contributed by atoms with E-state index < -0.39 is 0 Å². The zero-order valence-electron chi connectivity index (χ0n) is 15.2. The van der Waals surface area contributed by atoms with Crippen LogP contribution in [0.15, 0.2) is 29.3 Å². The number of amides is 1. The van der Waals surface area contributed by atoms with Crippen LogP contribution in [0.1, 0.15) is 49.5 Å². The fourth-order valence-corrected chi connectivity index (χ4v) is 2.14. The molecule has 1 amide bonds. The number of carbonyl (C=O) groups is 1. The summed E-state index contributed by atoms with van der Waals surface area (Å²) in [5.41, 5.74) is 1.75. The monoisotopic (exact) mass is 446 g/mol. The topological polar surface area (TPSA) is 65.5 Å². The predicted molar refractivity (Wildman–Crippen MR) is 112 cm³/mol. The van der Waals surface area contributed by atoms with Gasteiger partial charge in [0.25, 0.3) is 5.91 Å². The Morgan fingerprint density at radius 2 is 1.83 bits per heavy atom. The molecule has 1 rings (SSSR count). The summed E-state index contributed by atoms with van der Waals surface area (Å²) in [6.45, 7) is 8.89. The normalized spacial score (nSPS) is 11.0. The summed E-state index contributed by atoms with van der Waals surface area (Å²) in [6, 6.07) is 7.53. The lowest BCUT2D eigenvalue weighted by Crippen LogP contribution is -2.37. The molecule has 0 aromatic heterocycles. The third kappa shape index (κ3) is 9.10. The first-order valence-electron chi connectivity index (χ1n) is 8.40. The first kappa shape index (κ1) is 22.7. The molecule has 0 aliphatic rings. The number of hydrogen-bond donors (Lipinski definition) is 3. The molecule has 1 aromatic carbocycles. The molecule has 0 heterocycles. The Morgan fingerprint density at radius 1 is 1.17 bits per heavy atom. The average Bonchev–Trinajstić information content (AvgIpc) is 2.56. The van der Waals surface area contributed by atoms with E-state index in [2.05, 4.69) is 41.7 Å². The van der Waals surface area contributed by atoms with E-state index in [1.807, 2.05) is 24.3 Å². The SMILES string of the molecule is CCNC(=NCc1ccc(C(=O)NC)cc1)NCCCC(C)C.I. The van der Waals surface area contributed by atoms with Crippen molar-refractivity contribution in [3.05, 3.63) is 35.4 Å². The molecule has 3 N–H and O–H groups in total. The van der Waals surface area contributed by atoms with Gasteiger partial charge in [0, 0.05) is 25.7 Å². The molecular weight excluding hydrogens is 415 g/mol. The molecular formula is C18H31IN4O. The van der Waals surface area contributed by atoms with E-state index in [1.165, 1.54) is 6.42 Å². The predicted octanol–water partition coefficient (Wildman–Crippen LogP) is 3.16. The highest BCUT2D eigenvalue weighted by Gasteiger charge is 2.02. The van der Waals surface area contributed by atoms with E-state index in [0.29, 0.717) is 12.1 Å². The number of halogens is 1. The molecule has 0 aliphatic heterocycles. The summed E-state index contributed by atoms with van der Waals surface area (Å²) in [5.74, 6) is 1.50. The third-order valence-corrected chi connectivity index (χ3v) is 3.46. The Kier molecular flexibility index (Phi) is 12.3. The van der Waals surface area contributed by atoms with Gasteiger partial charge in [-0.2, -0.15) is 0 Å². The van der Waals surface area contributed by atoms with Crippen molar-refractivity contribution in [2.45, 2.75) is 40.2 Å². The number of nitrogens with one attached hydrogen (secondary N) is 3. The Bertz CT molecular complexity index is 500. The highest BCUT2D eigenvalue weighted by atomic mass is 127. The number of guanidine groups is 1. The second kappa shape index (κ2) is 13.0. The van der Waals surface area contributed by atoms with Gasteiger partial charge in [-0.05, 0) is 43.4 Å². The van der Waals surface area contributed by atoms with Crippen molar-refractivity contribution in [2.75, 3.05) is 20.1 Å². The zero-order valence-corrected chi connectivity index (χ0v) is 17.5. The number of benzene rings is 1. The van der Waals surface area contributed by atoms with Crippen molar-refractivity contribution in [2.24, 2.45) is 10.9 Å². The maximum absolute atomic E-state index is 11.5. The van der Waals surface area contributed by atoms with E-state index in [0.717, 1.165) is 37.0 Å². The lowest BCUT2D eigenvalue weighted by Gasteiger charge is -2.12. The van der Waals surface area contributed by atoms with E-state index in [9.17, 15) is 4.79 Å². The summed E-state index contributed by atoms with van der Waals surface area (Å²) in [4.78, 5) is 16.1. The fourth-order valence-electron chi connectivity index (χ4n) is 2.14. The van der Waals surface area contributed by atoms with Crippen LogP contribution in [0.4, 0.5) is 0 Å². The van der Waals surface area contributed by atoms with E-state index >= 15 is 0 Å². The Morgan fingerprint density at radius 3 is 2.38 bits per heavy atom. The van der Waals surface area contributed by atoms with Gasteiger partial charge >= 0.3 is 0 Å². The van der Waals surface area contributed by atoms with E-state index in [4.69, 9.17) is 0 Å². The van der Waals surface area contributed by atoms with Crippen molar-refractivity contribution in [1.29, 1.82) is 0 Å². The molecule has 0 saturated carbocycles. The Labute approximate surface area is 163 Å². The van der Waals surface area contributed by atoms with Gasteiger partial charge in [-0.15, -0.1) is 24.0 Å². The molecule has 0 spiro atoms. The molecule has 24 heavy (non-hydrogen) atoms. The summed E-state index contributed by atoms with van der Waals surface area (Å²) in [7, 11) is 1.63. The van der Waals surface area contributed by atoms with Crippen LogP contribution in [0.5, 0.6) is 0 Å². The van der Waals surface area contributed by atoms with Crippen LogP contribution in [0.3, 0.4) is 0 Å². The van der Waals surface area contributed by atoms with Crippen molar-refractivity contribution >= 4 is 35.8 Å². The molecule has 0 unspecified atom stereocenters. The van der Waals surface area contributed by atoms with Crippen molar-refractivity contribution in [1.82, 2.24) is 16.0 Å². The first-order valence-corrected chi connectivity index (χ1v) is 8.40. The van der Waals surface area contributed by atoms with Crippen LogP contribution in [0, 0.1) is 5.92 Å². The minimum atomic E-state index is -0.0693. The van der Waals surface area contributed by atoms with Gasteiger partial charge in [0.2, 0.25) is 0 Å². The van der Waals surface area contributed by atoms with Gasteiger partial charge in [-0.25, -0.2) is 4.99 Å². The molecule has 1 aromatic rings. The minimum absolute atomic E-state index is 0. The Balaban J connectivity index is 0.00000529. The third-order valence-electron chi connectivity index (χ3n) is 3.46. The zero-order chi connectivity index (χ0) is 17.1. The van der Waals surface area contributed by atoms with Crippen molar-refractivity contribution < 1.29 is 4.79 Å². The molecule has 6 heteroatoms. The summed E-state index contributed by atoms with van der Waals surface area (Å²) in [6.07, 6.45) is 2.36. The van der Waals surface area contributed by atoms with Gasteiger partial charge in [0.1, 0.15) is 0 Å². The maximum Gasteiger partial charge on any atom is 0.251 e. The fraction of sp³-hybridized carbons (Fsp3) is 0.556. The molecule has 0 bridgehead atoms. The summed E-state index contributed by atoms with van der Waals surface area (Å²) >= 11 is 0. The summed E-state index contributed by atoms with van der Waals surface area (Å²) in [5, 5.41) is 9.23. The second-order valence-electron chi connectivity index (χ2n) is 5.93. The number of nitrogens with zero attached hydrogens (tertiary/aromatic N) is 1. The maximum atomic E-state index is 11.5. The summed E-state index contributed by atoms with van der Waals surface area (Å²) < 4.78 is 0. The molecule has 5 nitrogen and oxygen atoms in total. The quantitative estimate of drug-likeness (QED) is 0.249. The van der Waals surface area contributed by atoms with Crippen LogP contribution in [-0.2, 0) is 6.54 Å². The van der Waals surface area contributed by atoms with Crippen LogP contribution in [0.2, 0.25) is 0 Å². The molecule has 0 radical (unpaired) electrons. The number of carbonyl (C=O) groups excluding carboxylic acids is 1. The lowest BCUT2D eigenvalue weighted by molar-refractivity contribution is 0.0963. The minimum Gasteiger partial charge on any atom is -0.357 e. The highest BCUT2D eigenvalue weighted by Crippen LogP contribution is 2.06. The smallest absolute Gasteiger partial charge is 0.251 e. The van der Waals surface area contributed by atoms with Crippen molar-refractivity contribution in [3.63, 3.8) is 0 Å². The number of rotatable bonds is 8. The van der Waals surface area contributed by atoms with E-state index in [1.54, 1.807) is 7.05 Å². The standard InChI is InChI=1S/C18H30N4O.HI/c1-5-20-18(21-12-6-7-14(2)3)22-13-15-8-10-16(11-9-15)17(23)19-4;/h8-11,14H,5-7,12-13H2,1-4H3,(H,19,23)(H2,20,21,22);1H. The van der Waals surface area contributed by atoms with Gasteiger partial charge in [-0.3, -0.25) is 4.79 Å².